The Kier molecular flexibility index (Phi) is 4.76. The lowest BCUT2D eigenvalue weighted by molar-refractivity contribution is 0.482. The number of hydrogen-bond acceptors (Lipinski definition) is 3. The molecule has 0 saturated carbocycles. The maximum atomic E-state index is 10.9. The molecule has 0 heterocycles. The van der Waals surface area contributed by atoms with Crippen molar-refractivity contribution in [2.45, 2.75) is 6.54 Å². The Morgan fingerprint density at radius 2 is 1.45 bits per heavy atom. The summed E-state index contributed by atoms with van der Waals surface area (Å²) in [5.41, 5.74) is 2.02. The van der Waals surface area contributed by atoms with Crippen LogP contribution in [0.5, 0.6) is 0 Å². The van der Waals surface area contributed by atoms with Crippen LogP contribution in [0.15, 0.2) is 60.7 Å². The molecule has 0 bridgehead atoms. The van der Waals surface area contributed by atoms with Crippen molar-refractivity contribution in [3.8, 4) is 0 Å². The van der Waals surface area contributed by atoms with Crippen molar-refractivity contribution >= 4 is 15.8 Å². The zero-order chi connectivity index (χ0) is 14.4. The van der Waals surface area contributed by atoms with Crippen LogP contribution in [0.4, 0.5) is 5.69 Å². The molecule has 0 aliphatic rings. The van der Waals surface area contributed by atoms with Gasteiger partial charge in [0.05, 0.1) is 5.75 Å². The summed E-state index contributed by atoms with van der Waals surface area (Å²) >= 11 is 0. The van der Waals surface area contributed by atoms with E-state index in [0.29, 0.717) is 6.54 Å². The summed E-state index contributed by atoms with van der Waals surface area (Å²) in [4.78, 5) is 1.93. The van der Waals surface area contributed by atoms with Gasteiger partial charge < -0.3 is 4.90 Å². The minimum atomic E-state index is -3.96. The fourth-order valence-corrected chi connectivity index (χ4v) is 2.42. The first-order valence-corrected chi connectivity index (χ1v) is 7.94. The number of benzene rings is 2. The van der Waals surface area contributed by atoms with Gasteiger partial charge in [0.2, 0.25) is 0 Å². The summed E-state index contributed by atoms with van der Waals surface area (Å²) in [7, 11) is -3.96. The van der Waals surface area contributed by atoms with E-state index < -0.39 is 10.1 Å². The van der Waals surface area contributed by atoms with E-state index in [1.807, 2.05) is 65.6 Å². The van der Waals surface area contributed by atoms with E-state index in [1.165, 1.54) is 0 Å². The van der Waals surface area contributed by atoms with Crippen molar-refractivity contribution in [2.24, 2.45) is 0 Å². The SMILES string of the molecule is O=S(=O)(O)CCN(Cc1ccccc1)c1ccccc1. The highest BCUT2D eigenvalue weighted by Gasteiger charge is 2.11. The van der Waals surface area contributed by atoms with Gasteiger partial charge in [-0.25, -0.2) is 0 Å². The van der Waals surface area contributed by atoms with Gasteiger partial charge in [-0.2, -0.15) is 8.42 Å². The third-order valence-corrected chi connectivity index (χ3v) is 3.66. The fraction of sp³-hybridized carbons (Fsp3) is 0.200. The summed E-state index contributed by atoms with van der Waals surface area (Å²) in [5, 5.41) is 0. The van der Waals surface area contributed by atoms with Gasteiger partial charge in [0.1, 0.15) is 0 Å². The van der Waals surface area contributed by atoms with Crippen LogP contribution in [0.25, 0.3) is 0 Å². The predicted octanol–water partition coefficient (Wildman–Crippen LogP) is 2.58. The molecule has 2 aromatic rings. The molecule has 0 unspecified atom stereocenters. The lowest BCUT2D eigenvalue weighted by atomic mass is 10.2. The summed E-state index contributed by atoms with van der Waals surface area (Å²) < 4.78 is 30.8. The zero-order valence-electron chi connectivity index (χ0n) is 11.0. The first kappa shape index (κ1) is 14.6. The Balaban J connectivity index is 2.16. The number of rotatable bonds is 6. The minimum absolute atomic E-state index is 0.248. The van der Waals surface area contributed by atoms with E-state index in [0.717, 1.165) is 11.3 Å². The topological polar surface area (TPSA) is 57.6 Å². The molecule has 2 aromatic carbocycles. The molecule has 0 aliphatic carbocycles. The summed E-state index contributed by atoms with van der Waals surface area (Å²) in [5.74, 6) is -0.283. The van der Waals surface area contributed by atoms with E-state index in [4.69, 9.17) is 4.55 Å². The molecule has 0 aliphatic heterocycles. The zero-order valence-corrected chi connectivity index (χ0v) is 11.8. The Bertz CT molecular complexity index is 627. The van der Waals surface area contributed by atoms with E-state index in [-0.39, 0.29) is 12.3 Å². The largest absolute Gasteiger partial charge is 0.366 e. The smallest absolute Gasteiger partial charge is 0.266 e. The molecule has 2 rings (SSSR count). The van der Waals surface area contributed by atoms with E-state index in [2.05, 4.69) is 0 Å². The van der Waals surface area contributed by atoms with Crippen molar-refractivity contribution in [2.75, 3.05) is 17.2 Å². The Morgan fingerprint density at radius 1 is 0.900 bits per heavy atom. The van der Waals surface area contributed by atoms with Crippen LogP contribution in [0, 0.1) is 0 Å². The van der Waals surface area contributed by atoms with Gasteiger partial charge in [0, 0.05) is 18.8 Å². The molecule has 0 fully saturated rings. The standard InChI is InChI=1S/C15H17NO3S/c17-20(18,19)12-11-16(15-9-5-2-6-10-15)13-14-7-3-1-4-8-14/h1-10H,11-13H2,(H,17,18,19). The molecule has 20 heavy (non-hydrogen) atoms. The van der Waals surface area contributed by atoms with Gasteiger partial charge in [-0.1, -0.05) is 48.5 Å². The number of nitrogens with zero attached hydrogens (tertiary/aromatic N) is 1. The van der Waals surface area contributed by atoms with Gasteiger partial charge in [-0.05, 0) is 17.7 Å². The second-order valence-electron chi connectivity index (χ2n) is 4.53. The van der Waals surface area contributed by atoms with Gasteiger partial charge in [0.25, 0.3) is 10.1 Å². The third-order valence-electron chi connectivity index (χ3n) is 2.96. The first-order valence-electron chi connectivity index (χ1n) is 6.34. The lowest BCUT2D eigenvalue weighted by Gasteiger charge is -2.24. The molecule has 0 amide bonds. The summed E-state index contributed by atoms with van der Waals surface area (Å²) in [6.45, 7) is 0.845. The Labute approximate surface area is 119 Å². The quantitative estimate of drug-likeness (QED) is 0.831. The number of hydrogen-bond donors (Lipinski definition) is 1. The van der Waals surface area contributed by atoms with Crippen molar-refractivity contribution < 1.29 is 13.0 Å². The first-order chi connectivity index (χ1) is 9.54. The third kappa shape index (κ3) is 4.68. The van der Waals surface area contributed by atoms with Gasteiger partial charge in [-0.15, -0.1) is 0 Å². The molecule has 0 aromatic heterocycles. The second-order valence-corrected chi connectivity index (χ2v) is 6.10. The van der Waals surface area contributed by atoms with Gasteiger partial charge in [-0.3, -0.25) is 4.55 Å². The molecule has 4 nitrogen and oxygen atoms in total. The highest BCUT2D eigenvalue weighted by Crippen LogP contribution is 2.16. The lowest BCUT2D eigenvalue weighted by Crippen LogP contribution is -2.28. The average molecular weight is 291 g/mol. The van der Waals surface area contributed by atoms with E-state index in [1.54, 1.807) is 0 Å². The molecular formula is C15H17NO3S. The van der Waals surface area contributed by atoms with E-state index >= 15 is 0 Å². The highest BCUT2D eigenvalue weighted by atomic mass is 32.2. The number of para-hydroxylation sites is 1. The van der Waals surface area contributed by atoms with Crippen molar-refractivity contribution in [3.05, 3.63) is 66.2 Å². The molecule has 0 atom stereocenters. The normalized spacial score (nSPS) is 11.2. The number of anilines is 1. The minimum Gasteiger partial charge on any atom is -0.366 e. The molecule has 0 spiro atoms. The molecule has 1 N–H and O–H groups in total. The van der Waals surface area contributed by atoms with Crippen LogP contribution in [0.3, 0.4) is 0 Å². The van der Waals surface area contributed by atoms with Crippen LogP contribution in [0.1, 0.15) is 5.56 Å². The van der Waals surface area contributed by atoms with Crippen molar-refractivity contribution in [1.82, 2.24) is 0 Å². The summed E-state index contributed by atoms with van der Waals surface area (Å²) in [6.07, 6.45) is 0. The van der Waals surface area contributed by atoms with Crippen LogP contribution >= 0.6 is 0 Å². The predicted molar refractivity (Wildman–Crippen MR) is 80.3 cm³/mol. The van der Waals surface area contributed by atoms with Crippen LogP contribution < -0.4 is 4.90 Å². The van der Waals surface area contributed by atoms with Gasteiger partial charge in [0.15, 0.2) is 0 Å². The summed E-state index contributed by atoms with van der Waals surface area (Å²) in [6, 6.07) is 19.4. The van der Waals surface area contributed by atoms with Gasteiger partial charge >= 0.3 is 0 Å². The average Bonchev–Trinajstić information content (AvgIpc) is 2.44. The molecule has 0 saturated heterocycles. The van der Waals surface area contributed by atoms with Crippen LogP contribution in [-0.2, 0) is 16.7 Å². The Morgan fingerprint density at radius 3 is 2.00 bits per heavy atom. The highest BCUT2D eigenvalue weighted by molar-refractivity contribution is 7.85. The van der Waals surface area contributed by atoms with Crippen molar-refractivity contribution in [1.29, 1.82) is 0 Å². The maximum absolute atomic E-state index is 10.9. The fourth-order valence-electron chi connectivity index (χ4n) is 1.97. The molecule has 0 radical (unpaired) electrons. The van der Waals surface area contributed by atoms with E-state index in [9.17, 15) is 8.42 Å². The van der Waals surface area contributed by atoms with Crippen molar-refractivity contribution in [3.63, 3.8) is 0 Å². The second kappa shape index (κ2) is 6.54. The molecular weight excluding hydrogens is 274 g/mol. The Hall–Kier alpha value is -1.85. The molecule has 5 heteroatoms. The monoisotopic (exact) mass is 291 g/mol. The van der Waals surface area contributed by atoms with Crippen LogP contribution in [-0.4, -0.2) is 25.3 Å². The van der Waals surface area contributed by atoms with Crippen LogP contribution in [0.2, 0.25) is 0 Å². The molecule has 106 valence electrons. The maximum Gasteiger partial charge on any atom is 0.266 e.